The molecule has 0 saturated heterocycles. The fourth-order valence-corrected chi connectivity index (χ4v) is 3.40. The number of aryl methyl sites for hydroxylation is 2. The molecule has 3 aromatic carbocycles. The van der Waals surface area contributed by atoms with E-state index in [1.54, 1.807) is 0 Å². The maximum absolute atomic E-state index is 12.4. The Bertz CT molecular complexity index is 1210. The van der Waals surface area contributed by atoms with Gasteiger partial charge in [0.1, 0.15) is 11.6 Å². The molecule has 0 aliphatic rings. The summed E-state index contributed by atoms with van der Waals surface area (Å²) in [5.74, 6) is 1.21. The number of benzene rings is 3. The van der Waals surface area contributed by atoms with E-state index in [0.29, 0.717) is 10.7 Å². The fourth-order valence-electron chi connectivity index (χ4n) is 3.24. The van der Waals surface area contributed by atoms with E-state index in [0.717, 1.165) is 44.9 Å². The average molecular weight is 420 g/mol. The quantitative estimate of drug-likeness (QED) is 0.428. The Morgan fingerprint density at radius 2 is 1.87 bits per heavy atom. The normalized spacial score (nSPS) is 10.9. The molecule has 30 heavy (non-hydrogen) atoms. The molecule has 0 saturated carbocycles. The highest BCUT2D eigenvalue weighted by Gasteiger charge is 2.10. The number of nitrogens with zero attached hydrogens (tertiary/aromatic N) is 1. The van der Waals surface area contributed by atoms with E-state index in [1.807, 2.05) is 75.4 Å². The van der Waals surface area contributed by atoms with Crippen LogP contribution in [0, 0.1) is 20.8 Å². The van der Waals surface area contributed by atoms with Crippen LogP contribution in [0.2, 0.25) is 5.02 Å². The van der Waals surface area contributed by atoms with Crippen LogP contribution in [0.5, 0.6) is 5.75 Å². The van der Waals surface area contributed by atoms with Crippen molar-refractivity contribution in [3.8, 4) is 17.1 Å². The van der Waals surface area contributed by atoms with Gasteiger partial charge in [0.15, 0.2) is 6.61 Å². The number of aromatic nitrogens is 2. The molecular weight excluding hydrogens is 398 g/mol. The van der Waals surface area contributed by atoms with Crippen LogP contribution in [0.25, 0.3) is 22.4 Å². The average Bonchev–Trinajstić information content (AvgIpc) is 3.12. The van der Waals surface area contributed by atoms with Crippen LogP contribution in [-0.4, -0.2) is 22.5 Å². The van der Waals surface area contributed by atoms with Crippen molar-refractivity contribution in [2.75, 3.05) is 11.9 Å². The Morgan fingerprint density at radius 3 is 2.70 bits per heavy atom. The summed E-state index contributed by atoms with van der Waals surface area (Å²) in [4.78, 5) is 20.3. The summed E-state index contributed by atoms with van der Waals surface area (Å²) in [6, 6.07) is 17.2. The number of halogens is 1. The van der Waals surface area contributed by atoms with Crippen LogP contribution in [0.3, 0.4) is 0 Å². The van der Waals surface area contributed by atoms with Gasteiger partial charge in [-0.15, -0.1) is 0 Å². The highest BCUT2D eigenvalue weighted by atomic mass is 35.5. The van der Waals surface area contributed by atoms with Crippen LogP contribution in [0.15, 0.2) is 54.6 Å². The Morgan fingerprint density at radius 1 is 1.07 bits per heavy atom. The zero-order valence-corrected chi connectivity index (χ0v) is 17.8. The van der Waals surface area contributed by atoms with Gasteiger partial charge in [0.05, 0.1) is 11.0 Å². The predicted octanol–water partition coefficient (Wildman–Crippen LogP) is 5.83. The molecule has 1 heterocycles. The fraction of sp³-hybridized carbons (Fsp3) is 0.167. The zero-order valence-electron chi connectivity index (χ0n) is 17.0. The lowest BCUT2D eigenvalue weighted by atomic mass is 10.1. The van der Waals surface area contributed by atoms with E-state index in [2.05, 4.69) is 15.3 Å². The third-order valence-corrected chi connectivity index (χ3v) is 5.50. The van der Waals surface area contributed by atoms with Gasteiger partial charge in [0.2, 0.25) is 0 Å². The van der Waals surface area contributed by atoms with Gasteiger partial charge in [0.25, 0.3) is 5.91 Å². The number of ether oxygens (including phenoxy) is 1. The Balaban J connectivity index is 1.48. The van der Waals surface area contributed by atoms with E-state index in [4.69, 9.17) is 16.3 Å². The van der Waals surface area contributed by atoms with Crippen molar-refractivity contribution in [3.63, 3.8) is 0 Å². The summed E-state index contributed by atoms with van der Waals surface area (Å²) in [6.07, 6.45) is 0. The first-order valence-electron chi connectivity index (χ1n) is 9.66. The number of hydrogen-bond donors (Lipinski definition) is 2. The molecule has 0 spiro atoms. The molecule has 0 aliphatic carbocycles. The maximum atomic E-state index is 12.4. The maximum Gasteiger partial charge on any atom is 0.262 e. The first-order chi connectivity index (χ1) is 14.4. The van der Waals surface area contributed by atoms with Crippen molar-refractivity contribution >= 4 is 34.2 Å². The van der Waals surface area contributed by atoms with Crippen molar-refractivity contribution in [2.24, 2.45) is 0 Å². The number of aromatic amines is 1. The highest BCUT2D eigenvalue weighted by Crippen LogP contribution is 2.27. The molecule has 1 aromatic heterocycles. The largest absolute Gasteiger partial charge is 0.483 e. The number of hydrogen-bond acceptors (Lipinski definition) is 3. The molecule has 4 aromatic rings. The van der Waals surface area contributed by atoms with Gasteiger partial charge < -0.3 is 15.0 Å². The molecule has 0 fully saturated rings. The third-order valence-electron chi connectivity index (χ3n) is 5.10. The first-order valence-corrected chi connectivity index (χ1v) is 10.0. The SMILES string of the molecule is Cc1cc2[nH]c(-c3cccc(NC(=O)COc4cccc(C)c4C)c3)nc2cc1Cl. The van der Waals surface area contributed by atoms with Crippen LogP contribution in [-0.2, 0) is 4.79 Å². The number of imidazole rings is 1. The topological polar surface area (TPSA) is 67.0 Å². The molecule has 5 nitrogen and oxygen atoms in total. The van der Waals surface area contributed by atoms with Crippen molar-refractivity contribution in [3.05, 3.63) is 76.3 Å². The molecule has 152 valence electrons. The number of nitrogens with one attached hydrogen (secondary N) is 2. The van der Waals surface area contributed by atoms with E-state index in [1.165, 1.54) is 0 Å². The van der Waals surface area contributed by atoms with Crippen molar-refractivity contribution in [2.45, 2.75) is 20.8 Å². The minimum absolute atomic E-state index is 0.0586. The van der Waals surface area contributed by atoms with Crippen molar-refractivity contribution in [1.29, 1.82) is 0 Å². The zero-order chi connectivity index (χ0) is 21.3. The smallest absolute Gasteiger partial charge is 0.262 e. The van der Waals surface area contributed by atoms with Crippen LogP contribution < -0.4 is 10.1 Å². The van der Waals surface area contributed by atoms with Gasteiger partial charge in [-0.25, -0.2) is 4.98 Å². The number of carbonyl (C=O) groups is 1. The van der Waals surface area contributed by atoms with Gasteiger partial charge >= 0.3 is 0 Å². The summed E-state index contributed by atoms with van der Waals surface area (Å²) in [6.45, 7) is 5.89. The van der Waals surface area contributed by atoms with E-state index in [-0.39, 0.29) is 12.5 Å². The molecule has 2 N–H and O–H groups in total. The van der Waals surface area contributed by atoms with Crippen molar-refractivity contribution < 1.29 is 9.53 Å². The van der Waals surface area contributed by atoms with Crippen LogP contribution in [0.1, 0.15) is 16.7 Å². The van der Waals surface area contributed by atoms with Gasteiger partial charge in [0, 0.05) is 16.3 Å². The number of rotatable bonds is 5. The molecule has 4 rings (SSSR count). The Kier molecular flexibility index (Phi) is 5.46. The summed E-state index contributed by atoms with van der Waals surface area (Å²) in [5, 5.41) is 3.57. The molecule has 0 radical (unpaired) electrons. The van der Waals surface area contributed by atoms with E-state index in [9.17, 15) is 4.79 Å². The summed E-state index contributed by atoms with van der Waals surface area (Å²) < 4.78 is 5.69. The number of H-pyrrole nitrogens is 1. The summed E-state index contributed by atoms with van der Waals surface area (Å²) in [7, 11) is 0. The molecule has 1 amide bonds. The summed E-state index contributed by atoms with van der Waals surface area (Å²) >= 11 is 6.20. The lowest BCUT2D eigenvalue weighted by Crippen LogP contribution is -2.20. The number of carbonyl (C=O) groups excluding carboxylic acids is 1. The lowest BCUT2D eigenvalue weighted by molar-refractivity contribution is -0.118. The van der Waals surface area contributed by atoms with E-state index < -0.39 is 0 Å². The standard InChI is InChI=1S/C24H22ClN3O2/c1-14-6-4-9-22(16(14)3)30-13-23(29)26-18-8-5-7-17(11-18)24-27-20-10-15(2)19(25)12-21(20)28-24/h4-12H,13H2,1-3H3,(H,26,29)(H,27,28). The van der Waals surface area contributed by atoms with Crippen LogP contribution in [0.4, 0.5) is 5.69 Å². The number of anilines is 1. The number of amides is 1. The van der Waals surface area contributed by atoms with Crippen molar-refractivity contribution in [1.82, 2.24) is 9.97 Å². The number of fused-ring (bicyclic) bond motifs is 1. The minimum Gasteiger partial charge on any atom is -0.483 e. The Labute approximate surface area is 180 Å². The highest BCUT2D eigenvalue weighted by molar-refractivity contribution is 6.32. The lowest BCUT2D eigenvalue weighted by Gasteiger charge is -2.11. The molecule has 6 heteroatoms. The summed E-state index contributed by atoms with van der Waals surface area (Å²) in [5.41, 5.74) is 6.42. The second kappa shape index (κ2) is 8.20. The third kappa shape index (κ3) is 4.16. The molecular formula is C24H22ClN3O2. The second-order valence-corrected chi connectivity index (χ2v) is 7.73. The second-order valence-electron chi connectivity index (χ2n) is 7.32. The molecule has 0 unspecified atom stereocenters. The predicted molar refractivity (Wildman–Crippen MR) is 121 cm³/mol. The van der Waals surface area contributed by atoms with E-state index >= 15 is 0 Å². The van der Waals surface area contributed by atoms with Gasteiger partial charge in [-0.1, -0.05) is 35.9 Å². The molecule has 0 bridgehead atoms. The van der Waals surface area contributed by atoms with Gasteiger partial charge in [-0.2, -0.15) is 0 Å². The van der Waals surface area contributed by atoms with Crippen LogP contribution >= 0.6 is 11.6 Å². The monoisotopic (exact) mass is 419 g/mol. The molecule has 0 atom stereocenters. The molecule has 0 aliphatic heterocycles. The minimum atomic E-state index is -0.222. The van der Waals surface area contributed by atoms with Gasteiger partial charge in [-0.3, -0.25) is 4.79 Å². The first kappa shape index (κ1) is 20.0. The Hall–Kier alpha value is -3.31. The van der Waals surface area contributed by atoms with Gasteiger partial charge in [-0.05, 0) is 67.8 Å².